The molecule has 0 radical (unpaired) electrons. The van der Waals surface area contributed by atoms with Crippen LogP contribution in [0, 0.1) is 0 Å². The molecule has 1 fully saturated rings. The molecule has 26 heavy (non-hydrogen) atoms. The predicted molar refractivity (Wildman–Crippen MR) is 100 cm³/mol. The van der Waals surface area contributed by atoms with E-state index >= 15 is 0 Å². The van der Waals surface area contributed by atoms with Crippen LogP contribution < -0.4 is 10.2 Å². The van der Waals surface area contributed by atoms with Gasteiger partial charge in [0.2, 0.25) is 0 Å². The molecule has 5 rings (SSSR count). The number of carbonyl (C=O) groups excluding carboxylic acids is 1. The Balaban J connectivity index is 1.53. The number of para-hydroxylation sites is 2. The van der Waals surface area contributed by atoms with Crippen LogP contribution in [-0.4, -0.2) is 6.03 Å². The summed E-state index contributed by atoms with van der Waals surface area (Å²) in [5.74, 6) is 0. The summed E-state index contributed by atoms with van der Waals surface area (Å²) >= 11 is 0. The van der Waals surface area contributed by atoms with E-state index in [4.69, 9.17) is 4.74 Å². The fraction of sp³-hybridized carbons (Fsp3) is 0.136. The molecule has 2 amide bonds. The predicted octanol–water partition coefficient (Wildman–Crippen LogP) is 4.86. The second-order valence-electron chi connectivity index (χ2n) is 6.57. The highest BCUT2D eigenvalue weighted by atomic mass is 16.6. The summed E-state index contributed by atoms with van der Waals surface area (Å²) in [6, 6.07) is 25.8. The van der Waals surface area contributed by atoms with Gasteiger partial charge in [-0.2, -0.15) is 0 Å². The number of amides is 2. The van der Waals surface area contributed by atoms with Gasteiger partial charge in [-0.05, 0) is 17.7 Å². The largest absolute Gasteiger partial charge is 0.359 e. The number of nitrogens with zero attached hydrogens (tertiary/aromatic N) is 1. The Kier molecular flexibility index (Phi) is 3.50. The lowest BCUT2D eigenvalue weighted by Crippen LogP contribution is -2.37. The van der Waals surface area contributed by atoms with Crippen LogP contribution in [0.5, 0.6) is 0 Å². The van der Waals surface area contributed by atoms with Gasteiger partial charge in [-0.25, -0.2) is 4.79 Å². The van der Waals surface area contributed by atoms with E-state index in [1.165, 1.54) is 0 Å². The van der Waals surface area contributed by atoms with Crippen molar-refractivity contribution in [1.29, 1.82) is 0 Å². The summed E-state index contributed by atoms with van der Waals surface area (Å²) in [5.41, 5.74) is 4.96. The minimum Gasteiger partial charge on any atom is -0.359 e. The van der Waals surface area contributed by atoms with Crippen LogP contribution >= 0.6 is 0 Å². The number of carbonyl (C=O) groups is 1. The molecule has 0 aromatic heterocycles. The zero-order valence-corrected chi connectivity index (χ0v) is 14.1. The van der Waals surface area contributed by atoms with E-state index in [1.54, 1.807) is 4.90 Å². The van der Waals surface area contributed by atoms with Crippen LogP contribution in [0.2, 0.25) is 0 Å². The molecule has 2 unspecified atom stereocenters. The number of hydrogen-bond acceptors (Lipinski definition) is 2. The Hall–Kier alpha value is -3.11. The maximum absolute atomic E-state index is 13.1. The van der Waals surface area contributed by atoms with Crippen LogP contribution in [-0.2, 0) is 11.3 Å². The first-order valence-corrected chi connectivity index (χ1v) is 8.78. The van der Waals surface area contributed by atoms with Crippen LogP contribution in [0.3, 0.4) is 0 Å². The van der Waals surface area contributed by atoms with Gasteiger partial charge in [-0.3, -0.25) is 4.90 Å². The summed E-state index contributed by atoms with van der Waals surface area (Å²) in [7, 11) is 0. The molecule has 0 saturated carbocycles. The average molecular weight is 342 g/mol. The maximum Gasteiger partial charge on any atom is 0.326 e. The van der Waals surface area contributed by atoms with Gasteiger partial charge in [0.25, 0.3) is 0 Å². The zero-order valence-electron chi connectivity index (χ0n) is 14.1. The number of ether oxygens (including phenoxy) is 1. The third-order valence-corrected chi connectivity index (χ3v) is 4.95. The van der Waals surface area contributed by atoms with Crippen molar-refractivity contribution >= 4 is 17.4 Å². The summed E-state index contributed by atoms with van der Waals surface area (Å²) in [6.07, 6.45) is 0.0542. The number of anilines is 2. The number of benzene rings is 3. The summed E-state index contributed by atoms with van der Waals surface area (Å²) in [4.78, 5) is 14.9. The number of epoxide rings is 1. The standard InChI is InChI=1S/C22H18N2O2/c25-22(23-14-15-8-2-1-3-9-15)24-18-12-6-4-10-16(18)20-21(26-20)17-11-5-7-13-19(17)24/h1-13,20-21H,14H2,(H,23,25). The number of urea groups is 1. The highest BCUT2D eigenvalue weighted by Gasteiger charge is 2.48. The van der Waals surface area contributed by atoms with Crippen LogP contribution in [0.1, 0.15) is 28.9 Å². The molecule has 4 heteroatoms. The van der Waals surface area contributed by atoms with Crippen LogP contribution in [0.25, 0.3) is 0 Å². The molecule has 2 atom stereocenters. The van der Waals surface area contributed by atoms with E-state index in [0.29, 0.717) is 6.54 Å². The summed E-state index contributed by atoms with van der Waals surface area (Å²) in [5, 5.41) is 3.05. The first-order valence-electron chi connectivity index (χ1n) is 8.78. The molecule has 1 N–H and O–H groups in total. The molecule has 3 aromatic rings. The summed E-state index contributed by atoms with van der Waals surface area (Å²) in [6.45, 7) is 0.490. The second-order valence-corrected chi connectivity index (χ2v) is 6.57. The lowest BCUT2D eigenvalue weighted by molar-refractivity contribution is 0.248. The Bertz CT molecular complexity index is 919. The topological polar surface area (TPSA) is 44.9 Å². The molecular formula is C22H18N2O2. The maximum atomic E-state index is 13.1. The Morgan fingerprint density at radius 2 is 1.35 bits per heavy atom. The van der Waals surface area contributed by atoms with E-state index in [2.05, 4.69) is 5.32 Å². The number of fused-ring (bicyclic) bond motifs is 5. The first kappa shape index (κ1) is 15.2. The van der Waals surface area contributed by atoms with Gasteiger partial charge in [0.15, 0.2) is 0 Å². The molecule has 2 aliphatic heterocycles. The molecular weight excluding hydrogens is 324 g/mol. The van der Waals surface area contributed by atoms with Crippen molar-refractivity contribution in [3.05, 3.63) is 95.6 Å². The zero-order chi connectivity index (χ0) is 17.5. The molecule has 2 aliphatic rings. The van der Waals surface area contributed by atoms with E-state index in [9.17, 15) is 4.79 Å². The quantitative estimate of drug-likeness (QED) is 0.676. The third-order valence-electron chi connectivity index (χ3n) is 4.95. The molecule has 0 spiro atoms. The Labute approximate surface area is 152 Å². The van der Waals surface area contributed by atoms with Crippen molar-refractivity contribution in [2.45, 2.75) is 18.8 Å². The Morgan fingerprint density at radius 3 is 1.96 bits per heavy atom. The SMILES string of the molecule is O=C(NCc1ccccc1)N1c2ccccc2C2OC2c2ccccc21. The monoisotopic (exact) mass is 342 g/mol. The molecule has 3 aromatic carbocycles. The van der Waals surface area contributed by atoms with Gasteiger partial charge >= 0.3 is 6.03 Å². The fourth-order valence-electron chi connectivity index (χ4n) is 3.65. The highest BCUT2D eigenvalue weighted by Crippen LogP contribution is 2.58. The molecule has 0 aliphatic carbocycles. The Morgan fingerprint density at radius 1 is 0.808 bits per heavy atom. The van der Waals surface area contributed by atoms with Crippen molar-refractivity contribution < 1.29 is 9.53 Å². The van der Waals surface area contributed by atoms with Crippen molar-refractivity contribution in [1.82, 2.24) is 5.32 Å². The normalized spacial score (nSPS) is 19.6. The van der Waals surface area contributed by atoms with Gasteiger partial charge in [0.05, 0.1) is 11.4 Å². The third kappa shape index (κ3) is 2.47. The van der Waals surface area contributed by atoms with Gasteiger partial charge in [-0.1, -0.05) is 66.7 Å². The van der Waals surface area contributed by atoms with Crippen LogP contribution in [0.4, 0.5) is 16.2 Å². The van der Waals surface area contributed by atoms with Crippen LogP contribution in [0.15, 0.2) is 78.9 Å². The van der Waals surface area contributed by atoms with Gasteiger partial charge in [0.1, 0.15) is 12.2 Å². The number of hydrogen-bond donors (Lipinski definition) is 1. The minimum atomic E-state index is -0.130. The summed E-state index contributed by atoms with van der Waals surface area (Å²) < 4.78 is 5.91. The van der Waals surface area contributed by atoms with Gasteiger partial charge in [-0.15, -0.1) is 0 Å². The van der Waals surface area contributed by atoms with Crippen molar-refractivity contribution in [3.8, 4) is 0 Å². The van der Waals surface area contributed by atoms with Crippen molar-refractivity contribution in [2.24, 2.45) is 0 Å². The van der Waals surface area contributed by atoms with Crippen molar-refractivity contribution in [3.63, 3.8) is 0 Å². The first-order chi connectivity index (χ1) is 12.8. The van der Waals surface area contributed by atoms with Crippen molar-refractivity contribution in [2.75, 3.05) is 4.90 Å². The lowest BCUT2D eigenvalue weighted by atomic mass is 10.0. The van der Waals surface area contributed by atoms with E-state index in [0.717, 1.165) is 28.1 Å². The number of rotatable bonds is 2. The number of nitrogens with one attached hydrogen (secondary N) is 1. The highest BCUT2D eigenvalue weighted by molar-refractivity contribution is 6.01. The van der Waals surface area contributed by atoms with E-state index in [-0.39, 0.29) is 18.2 Å². The molecule has 0 bridgehead atoms. The molecule has 128 valence electrons. The van der Waals surface area contributed by atoms with E-state index in [1.807, 2.05) is 78.9 Å². The van der Waals surface area contributed by atoms with E-state index < -0.39 is 0 Å². The fourth-order valence-corrected chi connectivity index (χ4v) is 3.65. The molecule has 4 nitrogen and oxygen atoms in total. The minimum absolute atomic E-state index is 0.0271. The molecule has 2 heterocycles. The van der Waals surface area contributed by atoms with Gasteiger partial charge < -0.3 is 10.1 Å². The molecule has 1 saturated heterocycles. The van der Waals surface area contributed by atoms with Gasteiger partial charge in [0, 0.05) is 17.7 Å². The second kappa shape index (κ2) is 6.00. The average Bonchev–Trinajstić information content (AvgIpc) is 3.49. The lowest BCUT2D eigenvalue weighted by Gasteiger charge is -2.26. The smallest absolute Gasteiger partial charge is 0.326 e.